The Bertz CT molecular complexity index is 255. The lowest BCUT2D eigenvalue weighted by Crippen LogP contribution is -2.06. The van der Waals surface area contributed by atoms with E-state index in [1.165, 1.54) is 5.56 Å². The summed E-state index contributed by atoms with van der Waals surface area (Å²) in [5.74, 6) is 0.903. The zero-order valence-electron chi connectivity index (χ0n) is 7.72. The maximum Gasteiger partial charge on any atom is 0.120 e. The Morgan fingerprint density at radius 1 is 1.38 bits per heavy atom. The van der Waals surface area contributed by atoms with Gasteiger partial charge in [-0.15, -0.1) is 0 Å². The number of nitrogens with two attached hydrogens (primary N) is 1. The van der Waals surface area contributed by atoms with Gasteiger partial charge in [-0.25, -0.2) is 0 Å². The average Bonchev–Trinajstić information content (AvgIpc) is 2.03. The topological polar surface area (TPSA) is 35.2 Å². The van der Waals surface area contributed by atoms with E-state index in [9.17, 15) is 0 Å². The molecule has 1 aromatic rings. The second-order valence-electron chi connectivity index (χ2n) is 2.95. The van der Waals surface area contributed by atoms with E-state index in [2.05, 4.69) is 22.0 Å². The van der Waals surface area contributed by atoms with Crippen LogP contribution in [0, 0.1) is 6.92 Å². The van der Waals surface area contributed by atoms with Crippen LogP contribution < -0.4 is 10.5 Å². The molecule has 0 spiro atoms. The van der Waals surface area contributed by atoms with E-state index in [1.54, 1.807) is 0 Å². The smallest absolute Gasteiger partial charge is 0.120 e. The fraction of sp³-hybridized carbons (Fsp3) is 0.400. The summed E-state index contributed by atoms with van der Waals surface area (Å²) >= 11 is 3.42. The molecule has 0 radical (unpaired) electrons. The zero-order valence-corrected chi connectivity index (χ0v) is 9.30. The van der Waals surface area contributed by atoms with Crippen LogP contribution in [-0.4, -0.2) is 13.2 Å². The van der Waals surface area contributed by atoms with E-state index >= 15 is 0 Å². The number of rotatable bonds is 4. The average molecular weight is 244 g/mol. The lowest BCUT2D eigenvalue weighted by atomic mass is 10.2. The third-order valence-electron chi connectivity index (χ3n) is 1.63. The molecule has 0 fully saturated rings. The lowest BCUT2D eigenvalue weighted by molar-refractivity contribution is 0.313. The highest BCUT2D eigenvalue weighted by Gasteiger charge is 1.96. The summed E-state index contributed by atoms with van der Waals surface area (Å²) in [5, 5.41) is 0. The van der Waals surface area contributed by atoms with E-state index in [0.29, 0.717) is 13.2 Å². The number of benzene rings is 1. The van der Waals surface area contributed by atoms with Crippen molar-refractivity contribution in [2.45, 2.75) is 13.3 Å². The molecular weight excluding hydrogens is 230 g/mol. The van der Waals surface area contributed by atoms with Gasteiger partial charge >= 0.3 is 0 Å². The highest BCUT2D eigenvalue weighted by Crippen LogP contribution is 2.20. The number of aryl methyl sites for hydroxylation is 1. The maximum absolute atomic E-state index is 5.50. The van der Waals surface area contributed by atoms with E-state index in [4.69, 9.17) is 10.5 Å². The van der Waals surface area contributed by atoms with E-state index < -0.39 is 0 Å². The standard InChI is InChI=1S/C10H14BrNO/c1-8-5-9(11)7-10(6-8)13-4-2-3-12/h5-7H,2-4,12H2,1H3. The Labute approximate surface area is 87.2 Å². The van der Waals surface area contributed by atoms with E-state index in [0.717, 1.165) is 16.6 Å². The van der Waals surface area contributed by atoms with Gasteiger partial charge in [-0.1, -0.05) is 15.9 Å². The molecule has 3 heteroatoms. The molecular formula is C10H14BrNO. The molecule has 0 aromatic heterocycles. The van der Waals surface area contributed by atoms with Crippen molar-refractivity contribution in [1.29, 1.82) is 0 Å². The fourth-order valence-corrected chi connectivity index (χ4v) is 1.65. The summed E-state index contributed by atoms with van der Waals surface area (Å²) in [4.78, 5) is 0. The normalized spacial score (nSPS) is 10.1. The number of hydrogen-bond acceptors (Lipinski definition) is 2. The number of ether oxygens (including phenoxy) is 1. The Hall–Kier alpha value is -0.540. The van der Waals surface area contributed by atoms with E-state index in [-0.39, 0.29) is 0 Å². The van der Waals surface area contributed by atoms with Crippen LogP contribution >= 0.6 is 15.9 Å². The van der Waals surface area contributed by atoms with Crippen molar-refractivity contribution in [3.8, 4) is 5.75 Å². The summed E-state index contributed by atoms with van der Waals surface area (Å²) in [6.07, 6.45) is 0.894. The van der Waals surface area contributed by atoms with Gasteiger partial charge < -0.3 is 10.5 Å². The van der Waals surface area contributed by atoms with Crippen LogP contribution in [0.25, 0.3) is 0 Å². The minimum absolute atomic E-state index is 0.674. The second-order valence-corrected chi connectivity index (χ2v) is 3.87. The first-order valence-electron chi connectivity index (χ1n) is 4.32. The zero-order chi connectivity index (χ0) is 9.68. The third kappa shape index (κ3) is 3.79. The molecule has 0 aliphatic heterocycles. The van der Waals surface area contributed by atoms with Crippen LogP contribution in [0.15, 0.2) is 22.7 Å². The minimum Gasteiger partial charge on any atom is -0.493 e. The van der Waals surface area contributed by atoms with Gasteiger partial charge in [0.05, 0.1) is 6.61 Å². The molecule has 2 N–H and O–H groups in total. The van der Waals surface area contributed by atoms with Crippen molar-refractivity contribution in [1.82, 2.24) is 0 Å². The molecule has 0 unspecified atom stereocenters. The minimum atomic E-state index is 0.674. The molecule has 72 valence electrons. The molecule has 0 amide bonds. The van der Waals surface area contributed by atoms with Gasteiger partial charge in [-0.3, -0.25) is 0 Å². The summed E-state index contributed by atoms with van der Waals surface area (Å²) < 4.78 is 6.55. The predicted molar refractivity (Wildman–Crippen MR) is 58.0 cm³/mol. The first-order chi connectivity index (χ1) is 6.22. The van der Waals surface area contributed by atoms with Crippen molar-refractivity contribution in [2.75, 3.05) is 13.2 Å². The second kappa shape index (κ2) is 5.25. The molecule has 0 atom stereocenters. The summed E-state index contributed by atoms with van der Waals surface area (Å²) in [7, 11) is 0. The Balaban J connectivity index is 2.56. The van der Waals surface area contributed by atoms with E-state index in [1.807, 2.05) is 19.1 Å². The molecule has 1 rings (SSSR count). The van der Waals surface area contributed by atoms with Gasteiger partial charge in [0.2, 0.25) is 0 Å². The molecule has 2 nitrogen and oxygen atoms in total. The van der Waals surface area contributed by atoms with Crippen LogP contribution in [0.2, 0.25) is 0 Å². The van der Waals surface area contributed by atoms with Crippen molar-refractivity contribution >= 4 is 15.9 Å². The van der Waals surface area contributed by atoms with Crippen LogP contribution in [0.3, 0.4) is 0 Å². The molecule has 0 saturated heterocycles. The molecule has 0 aliphatic rings. The number of hydrogen-bond donors (Lipinski definition) is 1. The van der Waals surface area contributed by atoms with Crippen molar-refractivity contribution in [2.24, 2.45) is 5.73 Å². The molecule has 1 aromatic carbocycles. The highest BCUT2D eigenvalue weighted by molar-refractivity contribution is 9.10. The van der Waals surface area contributed by atoms with Crippen LogP contribution in [-0.2, 0) is 0 Å². The summed E-state index contributed by atoms with van der Waals surface area (Å²) in [5.41, 5.74) is 6.55. The quantitative estimate of drug-likeness (QED) is 0.826. The number of halogens is 1. The molecule has 0 heterocycles. The summed E-state index contributed by atoms with van der Waals surface area (Å²) in [6, 6.07) is 6.03. The molecule has 0 bridgehead atoms. The third-order valence-corrected chi connectivity index (χ3v) is 2.09. The first-order valence-corrected chi connectivity index (χ1v) is 5.12. The summed E-state index contributed by atoms with van der Waals surface area (Å²) in [6.45, 7) is 3.40. The maximum atomic E-state index is 5.50. The van der Waals surface area contributed by atoms with Crippen LogP contribution in [0.4, 0.5) is 0 Å². The Morgan fingerprint density at radius 3 is 2.77 bits per heavy atom. The molecule has 0 saturated carbocycles. The van der Waals surface area contributed by atoms with Crippen LogP contribution in [0.5, 0.6) is 5.75 Å². The Kier molecular flexibility index (Phi) is 4.25. The molecule has 13 heavy (non-hydrogen) atoms. The van der Waals surface area contributed by atoms with Gasteiger partial charge in [-0.2, -0.15) is 0 Å². The van der Waals surface area contributed by atoms with Gasteiger partial charge in [0.25, 0.3) is 0 Å². The first kappa shape index (κ1) is 10.5. The van der Waals surface area contributed by atoms with Gasteiger partial charge in [-0.05, 0) is 43.7 Å². The molecule has 0 aliphatic carbocycles. The monoisotopic (exact) mass is 243 g/mol. The highest BCUT2D eigenvalue weighted by atomic mass is 79.9. The van der Waals surface area contributed by atoms with Crippen molar-refractivity contribution in [3.05, 3.63) is 28.2 Å². The van der Waals surface area contributed by atoms with Crippen molar-refractivity contribution < 1.29 is 4.74 Å². The fourth-order valence-electron chi connectivity index (χ4n) is 1.06. The lowest BCUT2D eigenvalue weighted by Gasteiger charge is -2.06. The van der Waals surface area contributed by atoms with Gasteiger partial charge in [0.15, 0.2) is 0 Å². The predicted octanol–water partition coefficient (Wildman–Crippen LogP) is 2.49. The van der Waals surface area contributed by atoms with Gasteiger partial charge in [0.1, 0.15) is 5.75 Å². The van der Waals surface area contributed by atoms with Crippen molar-refractivity contribution in [3.63, 3.8) is 0 Å². The Morgan fingerprint density at radius 2 is 2.15 bits per heavy atom. The largest absolute Gasteiger partial charge is 0.493 e. The SMILES string of the molecule is Cc1cc(Br)cc(OCCCN)c1. The van der Waals surface area contributed by atoms with Gasteiger partial charge in [0, 0.05) is 4.47 Å². The van der Waals surface area contributed by atoms with Crippen LogP contribution in [0.1, 0.15) is 12.0 Å².